The highest BCUT2D eigenvalue weighted by atomic mass is 16.5. The van der Waals surface area contributed by atoms with Gasteiger partial charge in [0.2, 0.25) is 5.91 Å². The standard InChI is InChI=1S/C21H27NO2/c1-21(2,3)15-19(17-8-6-5-7-9-17)22-20(23)14-16-10-12-18(24-4)13-11-16/h5-13,19H,14-15H2,1-4H3,(H,22,23). The zero-order valence-corrected chi connectivity index (χ0v) is 15.0. The summed E-state index contributed by atoms with van der Waals surface area (Å²) in [5.41, 5.74) is 2.26. The maximum Gasteiger partial charge on any atom is 0.224 e. The Hall–Kier alpha value is -2.29. The van der Waals surface area contributed by atoms with E-state index in [1.807, 2.05) is 42.5 Å². The summed E-state index contributed by atoms with van der Waals surface area (Å²) in [6.45, 7) is 6.58. The van der Waals surface area contributed by atoms with E-state index in [4.69, 9.17) is 4.74 Å². The van der Waals surface area contributed by atoms with E-state index in [-0.39, 0.29) is 17.4 Å². The molecule has 3 heteroatoms. The van der Waals surface area contributed by atoms with Crippen molar-refractivity contribution in [2.24, 2.45) is 5.41 Å². The van der Waals surface area contributed by atoms with Gasteiger partial charge in [0.25, 0.3) is 0 Å². The van der Waals surface area contributed by atoms with Crippen LogP contribution in [0.15, 0.2) is 54.6 Å². The second-order valence-corrected chi connectivity index (χ2v) is 7.32. The van der Waals surface area contributed by atoms with Gasteiger partial charge >= 0.3 is 0 Å². The van der Waals surface area contributed by atoms with Crippen LogP contribution in [0.4, 0.5) is 0 Å². The van der Waals surface area contributed by atoms with Gasteiger partial charge in [0, 0.05) is 0 Å². The van der Waals surface area contributed by atoms with Gasteiger partial charge in [0.05, 0.1) is 19.6 Å². The molecular weight excluding hydrogens is 298 g/mol. The molecule has 0 aliphatic rings. The Morgan fingerprint density at radius 2 is 1.67 bits per heavy atom. The third kappa shape index (κ3) is 5.73. The molecule has 0 saturated heterocycles. The van der Waals surface area contributed by atoms with Gasteiger partial charge in [-0.15, -0.1) is 0 Å². The molecule has 0 aliphatic heterocycles. The highest BCUT2D eigenvalue weighted by molar-refractivity contribution is 5.79. The first-order chi connectivity index (χ1) is 11.4. The number of ether oxygens (including phenoxy) is 1. The van der Waals surface area contributed by atoms with Crippen LogP contribution >= 0.6 is 0 Å². The summed E-state index contributed by atoms with van der Waals surface area (Å²) in [5, 5.41) is 3.20. The Bertz CT molecular complexity index is 642. The fourth-order valence-corrected chi connectivity index (χ4v) is 2.72. The minimum absolute atomic E-state index is 0.0250. The third-order valence-corrected chi connectivity index (χ3v) is 3.88. The number of methoxy groups -OCH3 is 1. The lowest BCUT2D eigenvalue weighted by Gasteiger charge is -2.27. The summed E-state index contributed by atoms with van der Waals surface area (Å²) in [5.74, 6) is 0.840. The minimum atomic E-state index is 0.0250. The highest BCUT2D eigenvalue weighted by Crippen LogP contribution is 2.29. The lowest BCUT2D eigenvalue weighted by molar-refractivity contribution is -0.121. The number of nitrogens with one attached hydrogen (secondary N) is 1. The summed E-state index contributed by atoms with van der Waals surface area (Å²) in [4.78, 5) is 12.5. The lowest BCUT2D eigenvalue weighted by atomic mass is 9.85. The van der Waals surface area contributed by atoms with Crippen LogP contribution in [-0.2, 0) is 11.2 Å². The van der Waals surface area contributed by atoms with Crippen molar-refractivity contribution in [1.82, 2.24) is 5.32 Å². The van der Waals surface area contributed by atoms with E-state index < -0.39 is 0 Å². The van der Waals surface area contributed by atoms with Crippen molar-refractivity contribution >= 4 is 5.91 Å². The summed E-state index contributed by atoms with van der Waals surface area (Å²) < 4.78 is 5.15. The molecule has 0 spiro atoms. The van der Waals surface area contributed by atoms with E-state index in [2.05, 4.69) is 38.2 Å². The molecule has 0 aromatic heterocycles. The molecule has 0 bridgehead atoms. The fourth-order valence-electron chi connectivity index (χ4n) is 2.72. The van der Waals surface area contributed by atoms with Crippen molar-refractivity contribution in [2.75, 3.05) is 7.11 Å². The molecule has 24 heavy (non-hydrogen) atoms. The van der Waals surface area contributed by atoms with Crippen molar-refractivity contribution in [1.29, 1.82) is 0 Å². The van der Waals surface area contributed by atoms with Gasteiger partial charge in [-0.2, -0.15) is 0 Å². The largest absolute Gasteiger partial charge is 0.497 e. The predicted octanol–water partition coefficient (Wildman–Crippen LogP) is 4.53. The molecular formula is C21H27NO2. The smallest absolute Gasteiger partial charge is 0.224 e. The van der Waals surface area contributed by atoms with Crippen LogP contribution in [0.2, 0.25) is 0 Å². The number of hydrogen-bond acceptors (Lipinski definition) is 2. The average Bonchev–Trinajstić information content (AvgIpc) is 2.54. The highest BCUT2D eigenvalue weighted by Gasteiger charge is 2.21. The first kappa shape index (κ1) is 18.1. The van der Waals surface area contributed by atoms with E-state index in [9.17, 15) is 4.79 Å². The molecule has 2 rings (SSSR count). The van der Waals surface area contributed by atoms with Crippen molar-refractivity contribution in [3.05, 3.63) is 65.7 Å². The van der Waals surface area contributed by atoms with Crippen molar-refractivity contribution in [2.45, 2.75) is 39.7 Å². The molecule has 1 atom stereocenters. The maximum atomic E-state index is 12.5. The molecule has 128 valence electrons. The van der Waals surface area contributed by atoms with Crippen LogP contribution in [0.25, 0.3) is 0 Å². The van der Waals surface area contributed by atoms with Gasteiger partial charge in [-0.05, 0) is 35.1 Å². The molecule has 1 amide bonds. The second kappa shape index (κ2) is 8.00. The van der Waals surface area contributed by atoms with Crippen LogP contribution in [0.1, 0.15) is 44.4 Å². The van der Waals surface area contributed by atoms with Crippen LogP contribution in [-0.4, -0.2) is 13.0 Å². The molecule has 0 aliphatic carbocycles. The zero-order valence-electron chi connectivity index (χ0n) is 15.0. The Morgan fingerprint density at radius 3 is 2.21 bits per heavy atom. The third-order valence-electron chi connectivity index (χ3n) is 3.88. The summed E-state index contributed by atoms with van der Waals surface area (Å²) in [6, 6.07) is 17.8. The fraction of sp³-hybridized carbons (Fsp3) is 0.381. The second-order valence-electron chi connectivity index (χ2n) is 7.32. The molecule has 0 saturated carbocycles. The number of rotatable bonds is 6. The zero-order chi connectivity index (χ0) is 17.6. The van der Waals surface area contributed by atoms with E-state index >= 15 is 0 Å². The van der Waals surface area contributed by atoms with E-state index in [0.717, 1.165) is 23.3 Å². The van der Waals surface area contributed by atoms with Crippen LogP contribution in [0.3, 0.4) is 0 Å². The van der Waals surface area contributed by atoms with Crippen molar-refractivity contribution < 1.29 is 9.53 Å². The monoisotopic (exact) mass is 325 g/mol. The van der Waals surface area contributed by atoms with Crippen molar-refractivity contribution in [3.8, 4) is 5.75 Å². The van der Waals surface area contributed by atoms with Crippen molar-refractivity contribution in [3.63, 3.8) is 0 Å². The summed E-state index contributed by atoms with van der Waals surface area (Å²) >= 11 is 0. The molecule has 2 aromatic rings. The van der Waals surface area contributed by atoms with E-state index in [1.165, 1.54) is 0 Å². The summed E-state index contributed by atoms with van der Waals surface area (Å²) in [6.07, 6.45) is 1.27. The molecule has 3 nitrogen and oxygen atoms in total. The number of hydrogen-bond donors (Lipinski definition) is 1. The summed E-state index contributed by atoms with van der Waals surface area (Å²) in [7, 11) is 1.64. The molecule has 0 radical (unpaired) electrons. The molecule has 2 aromatic carbocycles. The normalized spacial score (nSPS) is 12.5. The lowest BCUT2D eigenvalue weighted by Crippen LogP contribution is -2.32. The van der Waals surface area contributed by atoms with Crippen LogP contribution in [0.5, 0.6) is 5.75 Å². The van der Waals surface area contributed by atoms with Gasteiger partial charge in [-0.3, -0.25) is 4.79 Å². The molecule has 0 fully saturated rings. The maximum absolute atomic E-state index is 12.5. The first-order valence-corrected chi connectivity index (χ1v) is 8.34. The Labute approximate surface area is 145 Å². The number of benzene rings is 2. The topological polar surface area (TPSA) is 38.3 Å². The van der Waals surface area contributed by atoms with Gasteiger partial charge in [-0.1, -0.05) is 63.2 Å². The van der Waals surface area contributed by atoms with Gasteiger partial charge in [0.15, 0.2) is 0 Å². The molecule has 1 N–H and O–H groups in total. The molecule has 1 unspecified atom stereocenters. The van der Waals surface area contributed by atoms with Crippen LogP contribution in [0, 0.1) is 5.41 Å². The van der Waals surface area contributed by atoms with E-state index in [1.54, 1.807) is 7.11 Å². The Kier molecular flexibility index (Phi) is 6.02. The first-order valence-electron chi connectivity index (χ1n) is 8.34. The SMILES string of the molecule is COc1ccc(CC(=O)NC(CC(C)(C)C)c2ccccc2)cc1. The van der Waals surface area contributed by atoms with Crippen LogP contribution < -0.4 is 10.1 Å². The number of carbonyl (C=O) groups is 1. The quantitative estimate of drug-likeness (QED) is 0.847. The number of amides is 1. The Balaban J connectivity index is 2.06. The predicted molar refractivity (Wildman–Crippen MR) is 98.1 cm³/mol. The van der Waals surface area contributed by atoms with Gasteiger partial charge in [0.1, 0.15) is 5.75 Å². The van der Waals surface area contributed by atoms with Gasteiger partial charge in [-0.25, -0.2) is 0 Å². The minimum Gasteiger partial charge on any atom is -0.497 e. The van der Waals surface area contributed by atoms with E-state index in [0.29, 0.717) is 6.42 Å². The van der Waals surface area contributed by atoms with Gasteiger partial charge < -0.3 is 10.1 Å². The Morgan fingerprint density at radius 1 is 1.04 bits per heavy atom. The number of carbonyl (C=O) groups excluding carboxylic acids is 1. The molecule has 0 heterocycles. The average molecular weight is 325 g/mol.